The molecule has 5 rings (SSSR count). The fourth-order valence-corrected chi connectivity index (χ4v) is 4.61. The first-order chi connectivity index (χ1) is 15.5. The molecule has 0 spiro atoms. The maximum Gasteiger partial charge on any atom is 0.238 e. The molecule has 1 unspecified atom stereocenters. The number of amides is 1. The van der Waals surface area contributed by atoms with Crippen molar-refractivity contribution in [3.8, 4) is 0 Å². The zero-order valence-electron chi connectivity index (χ0n) is 18.3. The molecule has 2 heterocycles. The van der Waals surface area contributed by atoms with E-state index in [2.05, 4.69) is 27.5 Å². The second kappa shape index (κ2) is 8.84. The highest BCUT2D eigenvalue weighted by Crippen LogP contribution is 2.34. The van der Waals surface area contributed by atoms with Crippen LogP contribution >= 0.6 is 0 Å². The summed E-state index contributed by atoms with van der Waals surface area (Å²) < 4.78 is 13.5. The summed E-state index contributed by atoms with van der Waals surface area (Å²) in [5.41, 5.74) is 3.86. The zero-order valence-corrected chi connectivity index (χ0v) is 18.3. The number of hydrogen-bond acceptors (Lipinski definition) is 5. The summed E-state index contributed by atoms with van der Waals surface area (Å²) in [7, 11) is 2.11. The summed E-state index contributed by atoms with van der Waals surface area (Å²) >= 11 is 0. The monoisotopic (exact) mass is 433 g/mol. The molecule has 32 heavy (non-hydrogen) atoms. The first-order valence-corrected chi connectivity index (χ1v) is 11.2. The van der Waals surface area contributed by atoms with Gasteiger partial charge in [0.15, 0.2) is 0 Å². The molecule has 1 saturated heterocycles. The number of hydrogen-bond donors (Lipinski definition) is 2. The Morgan fingerprint density at radius 1 is 1.09 bits per heavy atom. The number of benzene rings is 2. The summed E-state index contributed by atoms with van der Waals surface area (Å²) in [6, 6.07) is 14.9. The third kappa shape index (κ3) is 4.59. The fraction of sp³-hybridized carbons (Fsp3) is 0.360. The van der Waals surface area contributed by atoms with Crippen LogP contribution < -0.4 is 10.6 Å². The highest BCUT2D eigenvalue weighted by molar-refractivity contribution is 5.95. The van der Waals surface area contributed by atoms with Crippen molar-refractivity contribution < 1.29 is 9.18 Å². The largest absolute Gasteiger partial charge is 0.363 e. The molecule has 1 fully saturated rings. The first-order valence-electron chi connectivity index (χ1n) is 11.2. The summed E-state index contributed by atoms with van der Waals surface area (Å²) in [5, 5.41) is 7.48. The van der Waals surface area contributed by atoms with Crippen molar-refractivity contribution in [1.82, 2.24) is 14.8 Å². The number of carbonyl (C=O) groups excluding carboxylic acids is 1. The molecular formula is C25H28FN5O. The van der Waals surface area contributed by atoms with Gasteiger partial charge < -0.3 is 15.5 Å². The number of pyridine rings is 1. The van der Waals surface area contributed by atoms with Crippen LogP contribution in [0.1, 0.15) is 23.6 Å². The molecule has 166 valence electrons. The molecule has 1 aliphatic heterocycles. The third-order valence-corrected chi connectivity index (χ3v) is 6.44. The predicted octanol–water partition coefficient (Wildman–Crippen LogP) is 3.66. The Kier molecular flexibility index (Phi) is 5.76. The van der Waals surface area contributed by atoms with Gasteiger partial charge in [-0.15, -0.1) is 0 Å². The van der Waals surface area contributed by atoms with Gasteiger partial charge in [0, 0.05) is 37.3 Å². The van der Waals surface area contributed by atoms with E-state index in [1.54, 1.807) is 6.07 Å². The molecule has 1 aromatic heterocycles. The van der Waals surface area contributed by atoms with Crippen LogP contribution in [0.3, 0.4) is 0 Å². The first kappa shape index (κ1) is 20.8. The predicted molar refractivity (Wildman–Crippen MR) is 125 cm³/mol. The maximum absolute atomic E-state index is 13.5. The number of halogens is 1. The van der Waals surface area contributed by atoms with E-state index in [4.69, 9.17) is 4.98 Å². The molecule has 0 radical (unpaired) electrons. The second-order valence-corrected chi connectivity index (χ2v) is 8.81. The zero-order chi connectivity index (χ0) is 22.1. The van der Waals surface area contributed by atoms with Gasteiger partial charge in [-0.3, -0.25) is 9.69 Å². The van der Waals surface area contributed by atoms with E-state index >= 15 is 0 Å². The van der Waals surface area contributed by atoms with Crippen molar-refractivity contribution in [2.45, 2.75) is 18.9 Å². The van der Waals surface area contributed by atoms with E-state index in [0.717, 1.165) is 72.6 Å². The van der Waals surface area contributed by atoms with Crippen LogP contribution in [0.2, 0.25) is 0 Å². The average molecular weight is 434 g/mol. The number of carbonyl (C=O) groups is 1. The molecule has 2 aliphatic rings. The molecule has 0 saturated carbocycles. The summed E-state index contributed by atoms with van der Waals surface area (Å²) in [6.45, 7) is 4.24. The van der Waals surface area contributed by atoms with Gasteiger partial charge in [0.05, 0.1) is 18.1 Å². The Labute approximate surface area is 187 Å². The van der Waals surface area contributed by atoms with Gasteiger partial charge in [0.2, 0.25) is 5.91 Å². The van der Waals surface area contributed by atoms with Crippen molar-refractivity contribution in [3.05, 3.63) is 65.5 Å². The van der Waals surface area contributed by atoms with Gasteiger partial charge in [-0.2, -0.15) is 0 Å². The molecular weight excluding hydrogens is 405 g/mol. The third-order valence-electron chi connectivity index (χ3n) is 6.44. The number of rotatable bonds is 5. The smallest absolute Gasteiger partial charge is 0.238 e. The van der Waals surface area contributed by atoms with E-state index in [-0.39, 0.29) is 17.8 Å². The second-order valence-electron chi connectivity index (χ2n) is 8.81. The van der Waals surface area contributed by atoms with Crippen LogP contribution in [0.5, 0.6) is 0 Å². The number of fused-ring (bicyclic) bond motifs is 2. The number of anilines is 2. The van der Waals surface area contributed by atoms with Crippen molar-refractivity contribution in [1.29, 1.82) is 0 Å². The van der Waals surface area contributed by atoms with Crippen LogP contribution in [-0.4, -0.2) is 60.5 Å². The van der Waals surface area contributed by atoms with Crippen LogP contribution in [0.25, 0.3) is 10.9 Å². The number of aryl methyl sites for hydroxylation is 1. The van der Waals surface area contributed by atoms with Crippen LogP contribution in [0.4, 0.5) is 15.9 Å². The van der Waals surface area contributed by atoms with E-state index in [9.17, 15) is 9.18 Å². The van der Waals surface area contributed by atoms with Gasteiger partial charge >= 0.3 is 0 Å². The Bertz CT molecular complexity index is 1140. The fourth-order valence-electron chi connectivity index (χ4n) is 4.61. The Morgan fingerprint density at radius 2 is 1.94 bits per heavy atom. The van der Waals surface area contributed by atoms with E-state index in [0.29, 0.717) is 6.54 Å². The molecule has 3 aromatic rings. The molecule has 2 N–H and O–H groups in total. The summed E-state index contributed by atoms with van der Waals surface area (Å²) in [4.78, 5) is 21.7. The number of nitrogens with zero attached hydrogens (tertiary/aromatic N) is 3. The molecule has 6 nitrogen and oxygen atoms in total. The molecule has 0 bridgehead atoms. The highest BCUT2D eigenvalue weighted by atomic mass is 19.1. The topological polar surface area (TPSA) is 60.5 Å². The van der Waals surface area contributed by atoms with E-state index < -0.39 is 0 Å². The number of nitrogens with one attached hydrogen (secondary N) is 2. The molecule has 1 atom stereocenters. The minimum Gasteiger partial charge on any atom is -0.363 e. The summed E-state index contributed by atoms with van der Waals surface area (Å²) in [6.07, 6.45) is 1.80. The maximum atomic E-state index is 13.5. The molecule has 1 amide bonds. The normalized spacial score (nSPS) is 19.1. The van der Waals surface area contributed by atoms with Crippen LogP contribution in [0, 0.1) is 5.82 Å². The lowest BCUT2D eigenvalue weighted by Gasteiger charge is -2.31. The Morgan fingerprint density at radius 3 is 2.78 bits per heavy atom. The van der Waals surface area contributed by atoms with Crippen molar-refractivity contribution in [3.63, 3.8) is 0 Å². The van der Waals surface area contributed by atoms with E-state index in [1.165, 1.54) is 6.07 Å². The van der Waals surface area contributed by atoms with Crippen molar-refractivity contribution in [2.75, 3.05) is 50.4 Å². The lowest BCUT2D eigenvalue weighted by molar-refractivity contribution is -0.117. The van der Waals surface area contributed by atoms with Crippen molar-refractivity contribution >= 4 is 28.3 Å². The minimum atomic E-state index is -0.181. The van der Waals surface area contributed by atoms with Gasteiger partial charge in [0.1, 0.15) is 11.6 Å². The summed E-state index contributed by atoms with van der Waals surface area (Å²) in [5.74, 6) is 0.627. The van der Waals surface area contributed by atoms with Gasteiger partial charge in [-0.05, 0) is 73.5 Å². The number of likely N-dealkylation sites (N-methyl/N-ethyl adjacent to an activating group) is 1. The van der Waals surface area contributed by atoms with Crippen LogP contribution in [0.15, 0.2) is 48.5 Å². The lowest BCUT2D eigenvalue weighted by Crippen LogP contribution is -2.47. The Balaban J connectivity index is 1.23. The van der Waals surface area contributed by atoms with E-state index in [1.807, 2.05) is 36.4 Å². The van der Waals surface area contributed by atoms with Crippen LogP contribution in [-0.2, 0) is 11.2 Å². The lowest BCUT2D eigenvalue weighted by atomic mass is 10.1. The number of aromatic nitrogens is 1. The quantitative estimate of drug-likeness (QED) is 0.643. The van der Waals surface area contributed by atoms with Crippen molar-refractivity contribution in [2.24, 2.45) is 0 Å². The SMILES string of the molecule is CN1CCN(CC(=O)Nc2ccc3nc(NC4CCc5cc(F)ccc54)ccc3c2)CC1. The molecule has 7 heteroatoms. The Hall–Kier alpha value is -3.03. The highest BCUT2D eigenvalue weighted by Gasteiger charge is 2.23. The standard InChI is InChI=1S/C25H28FN5O/c1-30-10-12-31(13-11-30)16-25(32)27-20-5-8-22-18(15-20)3-9-24(28-22)29-23-7-2-17-14-19(26)4-6-21(17)23/h3-6,8-9,14-15,23H,2,7,10-13,16H2,1H3,(H,27,32)(H,28,29). The van der Waals surface area contributed by atoms with Gasteiger partial charge in [-0.25, -0.2) is 9.37 Å². The van der Waals surface area contributed by atoms with Gasteiger partial charge in [0.25, 0.3) is 0 Å². The average Bonchev–Trinajstić information content (AvgIpc) is 3.17. The number of piperazine rings is 1. The van der Waals surface area contributed by atoms with Gasteiger partial charge in [-0.1, -0.05) is 6.07 Å². The molecule has 1 aliphatic carbocycles. The minimum absolute atomic E-state index is 0.0106. The molecule has 2 aromatic carbocycles.